The SMILES string of the molecule is O=C1CN2C(c3ccccc3)=NN(c3ccc([N+](=O)[O-])cc3)C2(c2ccccc2)c2cc(Cl)ccc2N1CC1CC1. The van der Waals surface area contributed by atoms with E-state index in [1.165, 1.54) is 12.1 Å². The van der Waals surface area contributed by atoms with E-state index in [9.17, 15) is 14.9 Å². The molecule has 1 fully saturated rings. The minimum atomic E-state index is -1.11. The van der Waals surface area contributed by atoms with Crippen LogP contribution in [0.3, 0.4) is 0 Å². The highest BCUT2D eigenvalue weighted by Crippen LogP contribution is 2.52. The number of carbonyl (C=O) groups excluding carboxylic acids is 1. The number of hydrogen-bond acceptors (Lipinski definition) is 6. The zero-order chi connectivity index (χ0) is 28.1. The first-order valence-corrected chi connectivity index (χ1v) is 14.0. The second-order valence-electron chi connectivity index (χ2n) is 10.6. The number of nitro benzene ring substituents is 1. The number of nitrogens with zero attached hydrogens (tertiary/aromatic N) is 5. The Balaban J connectivity index is 1.55. The average Bonchev–Trinajstić information content (AvgIpc) is 3.78. The Morgan fingerprint density at radius 2 is 1.61 bits per heavy atom. The first-order valence-electron chi connectivity index (χ1n) is 13.6. The summed E-state index contributed by atoms with van der Waals surface area (Å²) in [6.45, 7) is 0.715. The number of hydrogen-bond donors (Lipinski definition) is 0. The van der Waals surface area contributed by atoms with Crippen LogP contribution in [0.1, 0.15) is 29.5 Å². The molecule has 1 aliphatic carbocycles. The Morgan fingerprint density at radius 3 is 2.27 bits per heavy atom. The van der Waals surface area contributed by atoms with E-state index in [-0.39, 0.29) is 18.1 Å². The van der Waals surface area contributed by atoms with Crippen molar-refractivity contribution in [3.8, 4) is 0 Å². The van der Waals surface area contributed by atoms with E-state index in [0.717, 1.165) is 35.2 Å². The molecule has 0 bridgehead atoms. The van der Waals surface area contributed by atoms with Crippen LogP contribution in [-0.4, -0.2) is 34.7 Å². The van der Waals surface area contributed by atoms with Crippen LogP contribution in [0.4, 0.5) is 17.1 Å². The summed E-state index contributed by atoms with van der Waals surface area (Å²) in [5, 5.41) is 19.1. The molecule has 8 nitrogen and oxygen atoms in total. The number of rotatable bonds is 6. The summed E-state index contributed by atoms with van der Waals surface area (Å²) in [6.07, 6.45) is 2.21. The van der Waals surface area contributed by atoms with Crippen molar-refractivity contribution >= 4 is 40.4 Å². The van der Waals surface area contributed by atoms with E-state index in [1.54, 1.807) is 12.1 Å². The fourth-order valence-electron chi connectivity index (χ4n) is 5.94. The van der Waals surface area contributed by atoms with Crippen molar-refractivity contribution in [2.75, 3.05) is 23.0 Å². The van der Waals surface area contributed by atoms with E-state index < -0.39 is 10.6 Å². The Kier molecular flexibility index (Phi) is 6.01. The topological polar surface area (TPSA) is 82.3 Å². The number of nitro groups is 1. The first-order chi connectivity index (χ1) is 20.0. The van der Waals surface area contributed by atoms with Gasteiger partial charge in [-0.15, -0.1) is 0 Å². The average molecular weight is 564 g/mol. The Labute approximate surface area is 242 Å². The molecule has 204 valence electrons. The maximum Gasteiger partial charge on any atom is 0.269 e. The van der Waals surface area contributed by atoms with Gasteiger partial charge in [0.05, 0.1) is 16.3 Å². The number of halogens is 1. The Morgan fingerprint density at radius 1 is 0.927 bits per heavy atom. The normalized spacial score (nSPS) is 19.9. The van der Waals surface area contributed by atoms with Gasteiger partial charge in [0.2, 0.25) is 5.91 Å². The molecule has 1 unspecified atom stereocenters. The van der Waals surface area contributed by atoms with Crippen molar-refractivity contribution in [3.05, 3.63) is 135 Å². The van der Waals surface area contributed by atoms with Crippen LogP contribution >= 0.6 is 11.6 Å². The van der Waals surface area contributed by atoms with Gasteiger partial charge in [0.1, 0.15) is 6.54 Å². The molecule has 9 heteroatoms. The number of amidine groups is 1. The molecule has 2 aliphatic heterocycles. The van der Waals surface area contributed by atoms with Crippen molar-refractivity contribution in [1.29, 1.82) is 0 Å². The van der Waals surface area contributed by atoms with Gasteiger partial charge in [0.15, 0.2) is 11.5 Å². The maximum atomic E-state index is 14.2. The third-order valence-electron chi connectivity index (χ3n) is 8.02. The first kappa shape index (κ1) is 25.3. The molecular weight excluding hydrogens is 538 g/mol. The summed E-state index contributed by atoms with van der Waals surface area (Å²) < 4.78 is 0. The Bertz CT molecular complexity index is 1680. The fourth-order valence-corrected chi connectivity index (χ4v) is 6.11. The predicted molar refractivity (Wildman–Crippen MR) is 159 cm³/mol. The molecule has 0 radical (unpaired) electrons. The minimum absolute atomic E-state index is 0.0130. The Hall–Kier alpha value is -4.69. The molecule has 4 aromatic rings. The summed E-state index contributed by atoms with van der Waals surface area (Å²) in [5.41, 5.74) is 2.86. The smallest absolute Gasteiger partial charge is 0.269 e. The second-order valence-corrected chi connectivity index (χ2v) is 11.0. The quantitative estimate of drug-likeness (QED) is 0.200. The van der Waals surface area contributed by atoms with Gasteiger partial charge in [0, 0.05) is 40.4 Å². The number of benzene rings is 4. The number of carbonyl (C=O) groups is 1. The van der Waals surface area contributed by atoms with Gasteiger partial charge in [-0.1, -0.05) is 72.3 Å². The lowest BCUT2D eigenvalue weighted by atomic mass is 9.87. The fraction of sp³-hybridized carbons (Fsp3) is 0.188. The summed E-state index contributed by atoms with van der Waals surface area (Å²) in [7, 11) is 0. The highest BCUT2D eigenvalue weighted by molar-refractivity contribution is 6.30. The third kappa shape index (κ3) is 4.14. The lowest BCUT2D eigenvalue weighted by molar-refractivity contribution is -0.384. The molecule has 41 heavy (non-hydrogen) atoms. The van der Waals surface area contributed by atoms with Crippen LogP contribution < -0.4 is 9.91 Å². The summed E-state index contributed by atoms with van der Waals surface area (Å²) in [5.74, 6) is 1.07. The molecule has 0 N–H and O–H groups in total. The molecule has 1 saturated carbocycles. The van der Waals surface area contributed by atoms with Crippen molar-refractivity contribution in [3.63, 3.8) is 0 Å². The summed E-state index contributed by atoms with van der Waals surface area (Å²) >= 11 is 6.72. The zero-order valence-electron chi connectivity index (χ0n) is 22.1. The second kappa shape index (κ2) is 9.74. The maximum absolute atomic E-state index is 14.2. The molecular formula is C32H26ClN5O3. The van der Waals surface area contributed by atoms with Gasteiger partial charge in [-0.05, 0) is 49.1 Å². The monoisotopic (exact) mass is 563 g/mol. The van der Waals surface area contributed by atoms with E-state index >= 15 is 0 Å². The number of anilines is 2. The van der Waals surface area contributed by atoms with Crippen LogP contribution in [-0.2, 0) is 10.5 Å². The predicted octanol–water partition coefficient (Wildman–Crippen LogP) is 6.39. The molecule has 3 aliphatic rings. The van der Waals surface area contributed by atoms with E-state index in [2.05, 4.69) is 4.90 Å². The van der Waals surface area contributed by atoms with Gasteiger partial charge in [-0.2, -0.15) is 5.10 Å². The van der Waals surface area contributed by atoms with Gasteiger partial charge in [-0.25, -0.2) is 5.01 Å². The molecule has 4 aromatic carbocycles. The number of amides is 1. The van der Waals surface area contributed by atoms with Crippen molar-refractivity contribution in [2.45, 2.75) is 18.5 Å². The van der Waals surface area contributed by atoms with Crippen LogP contribution in [0, 0.1) is 16.0 Å². The van der Waals surface area contributed by atoms with Gasteiger partial charge >= 0.3 is 0 Å². The third-order valence-corrected chi connectivity index (χ3v) is 8.25. The zero-order valence-corrected chi connectivity index (χ0v) is 22.8. The highest BCUT2D eigenvalue weighted by atomic mass is 35.5. The molecule has 7 rings (SSSR count). The van der Waals surface area contributed by atoms with Crippen molar-refractivity contribution < 1.29 is 9.72 Å². The van der Waals surface area contributed by atoms with Crippen LogP contribution in [0.2, 0.25) is 5.02 Å². The lowest BCUT2D eigenvalue weighted by Crippen LogP contribution is -2.55. The molecule has 0 spiro atoms. The summed E-state index contributed by atoms with van der Waals surface area (Å²) in [4.78, 5) is 29.2. The van der Waals surface area contributed by atoms with Crippen LogP contribution in [0.15, 0.2) is 108 Å². The minimum Gasteiger partial charge on any atom is -0.313 e. The molecule has 0 saturated heterocycles. The van der Waals surface area contributed by atoms with E-state index in [4.69, 9.17) is 16.7 Å². The summed E-state index contributed by atoms with van der Waals surface area (Å²) in [6, 6.07) is 31.8. The van der Waals surface area contributed by atoms with Gasteiger partial charge in [0.25, 0.3) is 5.69 Å². The van der Waals surface area contributed by atoms with Gasteiger partial charge in [-0.3, -0.25) is 14.9 Å². The van der Waals surface area contributed by atoms with Crippen LogP contribution in [0.25, 0.3) is 0 Å². The van der Waals surface area contributed by atoms with E-state index in [1.807, 2.05) is 88.8 Å². The van der Waals surface area contributed by atoms with Crippen molar-refractivity contribution in [2.24, 2.45) is 11.0 Å². The molecule has 1 amide bonds. The molecule has 2 heterocycles. The standard InChI is InChI=1S/C32H26ClN5O3/c33-25-13-18-29-28(19-25)32(24-9-5-2-6-10-24)36(21-30(39)35(29)20-22-11-12-22)31(23-7-3-1-4-8-23)34-37(32)26-14-16-27(17-15-26)38(40)41/h1-10,13-19,22H,11-12,20-21H2. The molecule has 0 aromatic heterocycles. The largest absolute Gasteiger partial charge is 0.313 e. The number of fused-ring (bicyclic) bond motifs is 3. The number of hydrazone groups is 1. The lowest BCUT2D eigenvalue weighted by Gasteiger charge is -2.44. The van der Waals surface area contributed by atoms with Gasteiger partial charge < -0.3 is 9.80 Å². The molecule has 1 atom stereocenters. The van der Waals surface area contributed by atoms with E-state index in [0.29, 0.717) is 29.0 Å². The van der Waals surface area contributed by atoms with Crippen molar-refractivity contribution in [1.82, 2.24) is 4.90 Å². The number of non-ortho nitro benzene ring substituents is 1. The highest BCUT2D eigenvalue weighted by Gasteiger charge is 2.56. The van der Waals surface area contributed by atoms with Crippen LogP contribution in [0.5, 0.6) is 0 Å².